The Bertz CT molecular complexity index is 803. The van der Waals surface area contributed by atoms with Gasteiger partial charge in [-0.1, -0.05) is 6.07 Å². The van der Waals surface area contributed by atoms with Crippen molar-refractivity contribution in [1.82, 2.24) is 4.72 Å². The molecule has 0 heterocycles. The van der Waals surface area contributed by atoms with Crippen LogP contribution in [-0.2, 0) is 29.3 Å². The Morgan fingerprint density at radius 2 is 1.92 bits per heavy atom. The van der Waals surface area contributed by atoms with Crippen molar-refractivity contribution >= 4 is 19.9 Å². The molecule has 1 N–H and O–H groups in total. The molecule has 1 fully saturated rings. The van der Waals surface area contributed by atoms with Crippen molar-refractivity contribution in [1.29, 1.82) is 0 Å². The van der Waals surface area contributed by atoms with Gasteiger partial charge < -0.3 is 9.47 Å². The van der Waals surface area contributed by atoms with Gasteiger partial charge in [-0.15, -0.1) is 0 Å². The molecular formula is C15H23NO6S2. The fraction of sp³-hybridized carbons (Fsp3) is 0.600. The zero-order valence-corrected chi connectivity index (χ0v) is 15.8. The van der Waals surface area contributed by atoms with Gasteiger partial charge in [0.05, 0.1) is 28.0 Å². The summed E-state index contributed by atoms with van der Waals surface area (Å²) in [7, 11) is -5.85. The first kappa shape index (κ1) is 19.3. The third-order valence-corrected chi connectivity index (χ3v) is 6.83. The van der Waals surface area contributed by atoms with E-state index in [-0.39, 0.29) is 22.0 Å². The Morgan fingerprint density at radius 3 is 2.46 bits per heavy atom. The van der Waals surface area contributed by atoms with Gasteiger partial charge in [0.1, 0.15) is 0 Å². The highest BCUT2D eigenvalue weighted by atomic mass is 32.2. The standard InChI is InChI=1S/C15H23NO6S2/c1-5-22-13-9-12(15(13)21-3)16-24(19,20)14-8-11(23(4,17)18)7-6-10(14)2/h6-8,12-13,15-16H,5,9H2,1-4H3/t12-,13+,15+/m0/s1. The molecule has 0 radical (unpaired) electrons. The molecule has 1 saturated carbocycles. The van der Waals surface area contributed by atoms with Crippen LogP contribution in [0.5, 0.6) is 0 Å². The molecule has 7 nitrogen and oxygen atoms in total. The normalized spacial score (nSPS) is 24.6. The van der Waals surface area contributed by atoms with Crippen molar-refractivity contribution in [3.63, 3.8) is 0 Å². The van der Waals surface area contributed by atoms with E-state index in [1.165, 1.54) is 25.3 Å². The van der Waals surface area contributed by atoms with Crippen molar-refractivity contribution in [2.75, 3.05) is 20.0 Å². The second-order valence-corrected chi connectivity index (χ2v) is 9.56. The van der Waals surface area contributed by atoms with Crippen LogP contribution in [0.15, 0.2) is 28.0 Å². The summed E-state index contributed by atoms with van der Waals surface area (Å²) in [6.45, 7) is 4.02. The highest BCUT2D eigenvalue weighted by molar-refractivity contribution is 7.91. The minimum absolute atomic E-state index is 0.0300. The number of hydrogen-bond donors (Lipinski definition) is 1. The molecule has 24 heavy (non-hydrogen) atoms. The molecule has 0 aliphatic heterocycles. The van der Waals surface area contributed by atoms with Crippen LogP contribution < -0.4 is 4.72 Å². The molecule has 3 atom stereocenters. The summed E-state index contributed by atoms with van der Waals surface area (Å²) in [5, 5.41) is 0. The van der Waals surface area contributed by atoms with Crippen LogP contribution in [0, 0.1) is 6.92 Å². The predicted octanol–water partition coefficient (Wildman–Crippen LogP) is 0.869. The van der Waals surface area contributed by atoms with E-state index in [1.54, 1.807) is 6.92 Å². The first-order valence-electron chi connectivity index (χ1n) is 7.57. The van der Waals surface area contributed by atoms with Gasteiger partial charge >= 0.3 is 0 Å². The zero-order chi connectivity index (χ0) is 18.1. The maximum atomic E-state index is 12.7. The van der Waals surface area contributed by atoms with E-state index < -0.39 is 25.9 Å². The molecule has 9 heteroatoms. The van der Waals surface area contributed by atoms with E-state index >= 15 is 0 Å². The number of sulfonamides is 1. The number of benzene rings is 1. The number of methoxy groups -OCH3 is 1. The minimum atomic E-state index is -3.87. The second-order valence-electron chi connectivity index (χ2n) is 5.86. The first-order chi connectivity index (χ1) is 11.1. The van der Waals surface area contributed by atoms with E-state index in [4.69, 9.17) is 9.47 Å². The molecule has 1 aliphatic rings. The Kier molecular flexibility index (Phi) is 5.71. The summed E-state index contributed by atoms with van der Waals surface area (Å²) in [6, 6.07) is 3.67. The summed E-state index contributed by atoms with van der Waals surface area (Å²) < 4.78 is 62.0. The Labute approximate surface area is 143 Å². The molecule has 0 saturated heterocycles. The van der Waals surface area contributed by atoms with E-state index in [0.717, 1.165) is 6.26 Å². The van der Waals surface area contributed by atoms with Gasteiger partial charge in [0.25, 0.3) is 0 Å². The lowest BCUT2D eigenvalue weighted by molar-refractivity contribution is -0.126. The van der Waals surface area contributed by atoms with Crippen LogP contribution in [0.2, 0.25) is 0 Å². The van der Waals surface area contributed by atoms with Gasteiger partial charge in [-0.05, 0) is 38.0 Å². The lowest BCUT2D eigenvalue weighted by Crippen LogP contribution is -2.60. The van der Waals surface area contributed by atoms with Crippen LogP contribution in [0.4, 0.5) is 0 Å². The van der Waals surface area contributed by atoms with Crippen molar-refractivity contribution in [3.05, 3.63) is 23.8 Å². The second kappa shape index (κ2) is 7.09. The van der Waals surface area contributed by atoms with Gasteiger partial charge in [0.2, 0.25) is 10.0 Å². The molecule has 0 spiro atoms. The van der Waals surface area contributed by atoms with Crippen LogP contribution in [0.25, 0.3) is 0 Å². The number of ether oxygens (including phenoxy) is 2. The molecule has 0 amide bonds. The molecule has 136 valence electrons. The van der Waals surface area contributed by atoms with E-state index in [1.807, 2.05) is 6.92 Å². The Hall–Kier alpha value is -1.00. The van der Waals surface area contributed by atoms with Crippen LogP contribution in [0.1, 0.15) is 18.9 Å². The van der Waals surface area contributed by atoms with E-state index in [2.05, 4.69) is 4.72 Å². The van der Waals surface area contributed by atoms with Gasteiger partial charge in [-0.2, -0.15) is 0 Å². The van der Waals surface area contributed by atoms with E-state index in [9.17, 15) is 16.8 Å². The van der Waals surface area contributed by atoms with Crippen molar-refractivity contribution in [2.24, 2.45) is 0 Å². The van der Waals surface area contributed by atoms with Gasteiger partial charge in [-0.25, -0.2) is 21.6 Å². The minimum Gasteiger partial charge on any atom is -0.377 e. The topological polar surface area (TPSA) is 98.8 Å². The molecular weight excluding hydrogens is 354 g/mol. The molecule has 1 aromatic rings. The number of hydrogen-bond acceptors (Lipinski definition) is 6. The van der Waals surface area contributed by atoms with Crippen LogP contribution in [0.3, 0.4) is 0 Å². The lowest BCUT2D eigenvalue weighted by atomic mass is 9.86. The smallest absolute Gasteiger partial charge is 0.241 e. The van der Waals surface area contributed by atoms with Gasteiger partial charge in [-0.3, -0.25) is 0 Å². The Morgan fingerprint density at radius 1 is 1.25 bits per heavy atom. The van der Waals surface area contributed by atoms with E-state index in [0.29, 0.717) is 18.6 Å². The number of sulfone groups is 1. The molecule has 0 unspecified atom stereocenters. The average Bonchev–Trinajstić information content (AvgIpc) is 2.45. The third kappa shape index (κ3) is 3.97. The number of rotatable bonds is 7. The summed E-state index contributed by atoms with van der Waals surface area (Å²) in [5.74, 6) is 0. The van der Waals surface area contributed by atoms with Crippen LogP contribution in [-0.4, -0.2) is 55.1 Å². The predicted molar refractivity (Wildman–Crippen MR) is 89.2 cm³/mol. The highest BCUT2D eigenvalue weighted by Crippen LogP contribution is 2.29. The van der Waals surface area contributed by atoms with Crippen molar-refractivity contribution < 1.29 is 26.3 Å². The van der Waals surface area contributed by atoms with Crippen molar-refractivity contribution in [3.8, 4) is 0 Å². The maximum absolute atomic E-state index is 12.7. The molecule has 2 rings (SSSR count). The van der Waals surface area contributed by atoms with Crippen molar-refractivity contribution in [2.45, 2.75) is 48.3 Å². The summed E-state index contributed by atoms with van der Waals surface area (Å²) in [4.78, 5) is -0.0716. The maximum Gasteiger partial charge on any atom is 0.241 e. The lowest BCUT2D eigenvalue weighted by Gasteiger charge is -2.43. The van der Waals surface area contributed by atoms with Crippen LogP contribution >= 0.6 is 0 Å². The number of aryl methyl sites for hydroxylation is 1. The SMILES string of the molecule is CCO[C@@H]1C[C@H](NS(=O)(=O)c2cc(S(C)(=O)=O)ccc2C)[C@H]1OC. The zero-order valence-electron chi connectivity index (χ0n) is 14.1. The molecule has 1 aromatic carbocycles. The Balaban J connectivity index is 2.26. The largest absolute Gasteiger partial charge is 0.377 e. The fourth-order valence-corrected chi connectivity index (χ4v) is 5.00. The highest BCUT2D eigenvalue weighted by Gasteiger charge is 2.44. The summed E-state index contributed by atoms with van der Waals surface area (Å²) >= 11 is 0. The molecule has 1 aliphatic carbocycles. The average molecular weight is 377 g/mol. The summed E-state index contributed by atoms with van der Waals surface area (Å²) in [5.41, 5.74) is 0.476. The number of nitrogens with one attached hydrogen (secondary N) is 1. The fourth-order valence-electron chi connectivity index (χ4n) is 2.75. The monoisotopic (exact) mass is 377 g/mol. The summed E-state index contributed by atoms with van der Waals surface area (Å²) in [6.07, 6.45) is 1.05. The third-order valence-electron chi connectivity index (χ3n) is 4.09. The quantitative estimate of drug-likeness (QED) is 0.757. The molecule has 0 bridgehead atoms. The van der Waals surface area contributed by atoms with Gasteiger partial charge in [0.15, 0.2) is 9.84 Å². The van der Waals surface area contributed by atoms with Gasteiger partial charge in [0, 0.05) is 20.0 Å². The molecule has 0 aromatic heterocycles. The first-order valence-corrected chi connectivity index (χ1v) is 10.9.